The van der Waals surface area contributed by atoms with Crippen LogP contribution < -0.4 is 9.47 Å². The minimum absolute atomic E-state index is 0.588. The molecule has 1 aromatic rings. The predicted molar refractivity (Wildman–Crippen MR) is 50.1 cm³/mol. The van der Waals surface area contributed by atoms with E-state index < -0.39 is 0 Å². The van der Waals surface area contributed by atoms with E-state index in [2.05, 4.69) is 15.9 Å². The number of hydrogen-bond acceptors (Lipinski definition) is 2. The van der Waals surface area contributed by atoms with Crippen LogP contribution in [0.5, 0.6) is 11.5 Å². The summed E-state index contributed by atoms with van der Waals surface area (Å²) in [6.07, 6.45) is 0. The van der Waals surface area contributed by atoms with E-state index in [0.29, 0.717) is 18.2 Å². The fourth-order valence-corrected chi connectivity index (χ4v) is 1.52. The molecule has 0 atom stereocenters. The molecular weight excluding hydrogens is 243 g/mol. The second kappa shape index (κ2) is 3.15. The van der Waals surface area contributed by atoms with Gasteiger partial charge in [0.1, 0.15) is 13.2 Å². The number of halogens is 2. The molecule has 0 aliphatic carbocycles. The van der Waals surface area contributed by atoms with Gasteiger partial charge in [-0.15, -0.1) is 0 Å². The van der Waals surface area contributed by atoms with Gasteiger partial charge in [0.15, 0.2) is 11.5 Å². The van der Waals surface area contributed by atoms with Crippen molar-refractivity contribution >= 4 is 27.5 Å². The van der Waals surface area contributed by atoms with Gasteiger partial charge < -0.3 is 9.47 Å². The minimum atomic E-state index is 0.588. The summed E-state index contributed by atoms with van der Waals surface area (Å²) in [5.41, 5.74) is 0. The fourth-order valence-electron chi connectivity index (χ4n) is 1.04. The molecule has 4 heteroatoms. The van der Waals surface area contributed by atoms with E-state index in [-0.39, 0.29) is 0 Å². The van der Waals surface area contributed by atoms with Crippen LogP contribution in [-0.4, -0.2) is 13.2 Å². The van der Waals surface area contributed by atoms with Crippen LogP contribution in [0.3, 0.4) is 0 Å². The number of rotatable bonds is 0. The molecular formula is C8H6BrClO2. The molecule has 0 saturated carbocycles. The first-order chi connectivity index (χ1) is 5.77. The molecule has 12 heavy (non-hydrogen) atoms. The maximum atomic E-state index is 5.86. The summed E-state index contributed by atoms with van der Waals surface area (Å²) in [6, 6.07) is 3.57. The Morgan fingerprint density at radius 2 is 1.75 bits per heavy atom. The Labute approximate surface area is 83.6 Å². The largest absolute Gasteiger partial charge is 0.486 e. The van der Waals surface area contributed by atoms with Crippen LogP contribution in [0.25, 0.3) is 0 Å². The Morgan fingerprint density at radius 1 is 1.17 bits per heavy atom. The van der Waals surface area contributed by atoms with E-state index in [0.717, 1.165) is 16.0 Å². The summed E-state index contributed by atoms with van der Waals surface area (Å²) in [7, 11) is 0. The Balaban J connectivity index is 2.49. The van der Waals surface area contributed by atoms with E-state index >= 15 is 0 Å². The van der Waals surface area contributed by atoms with Crippen molar-refractivity contribution in [3.8, 4) is 11.5 Å². The molecule has 1 aromatic carbocycles. The summed E-state index contributed by atoms with van der Waals surface area (Å²) in [5.74, 6) is 1.46. The van der Waals surface area contributed by atoms with Crippen LogP contribution in [-0.2, 0) is 0 Å². The number of benzene rings is 1. The lowest BCUT2D eigenvalue weighted by Gasteiger charge is -2.18. The van der Waals surface area contributed by atoms with Crippen molar-refractivity contribution in [2.24, 2.45) is 0 Å². The number of ether oxygens (including phenoxy) is 2. The molecule has 0 amide bonds. The summed E-state index contributed by atoms with van der Waals surface area (Å²) < 4.78 is 11.5. The molecule has 0 bridgehead atoms. The van der Waals surface area contributed by atoms with Gasteiger partial charge in [-0.25, -0.2) is 0 Å². The molecule has 0 saturated heterocycles. The molecule has 64 valence electrons. The maximum Gasteiger partial charge on any atom is 0.162 e. The molecule has 0 fully saturated rings. The Kier molecular flexibility index (Phi) is 2.15. The Hall–Kier alpha value is -0.410. The van der Waals surface area contributed by atoms with Gasteiger partial charge >= 0.3 is 0 Å². The topological polar surface area (TPSA) is 18.5 Å². The van der Waals surface area contributed by atoms with Crippen LogP contribution in [0.15, 0.2) is 16.6 Å². The quantitative estimate of drug-likeness (QED) is 0.704. The molecule has 0 aromatic heterocycles. The van der Waals surface area contributed by atoms with Crippen LogP contribution in [0.2, 0.25) is 5.02 Å². The SMILES string of the molecule is Clc1cc2c(cc1Br)OCCO2. The second-order valence-electron chi connectivity index (χ2n) is 2.41. The lowest BCUT2D eigenvalue weighted by Crippen LogP contribution is -2.15. The first kappa shape index (κ1) is 8.20. The third-order valence-corrected chi connectivity index (χ3v) is 2.78. The average molecular weight is 249 g/mol. The van der Waals surface area contributed by atoms with Crippen LogP contribution >= 0.6 is 27.5 Å². The summed E-state index contributed by atoms with van der Waals surface area (Å²) in [4.78, 5) is 0. The van der Waals surface area contributed by atoms with Gasteiger partial charge in [0, 0.05) is 10.5 Å². The third kappa shape index (κ3) is 1.39. The first-order valence-electron chi connectivity index (χ1n) is 3.52. The van der Waals surface area contributed by atoms with Gasteiger partial charge in [-0.1, -0.05) is 11.6 Å². The molecule has 2 nitrogen and oxygen atoms in total. The van der Waals surface area contributed by atoms with Crippen molar-refractivity contribution in [2.45, 2.75) is 0 Å². The smallest absolute Gasteiger partial charge is 0.162 e. The van der Waals surface area contributed by atoms with Gasteiger partial charge in [-0.05, 0) is 22.0 Å². The van der Waals surface area contributed by atoms with Crippen molar-refractivity contribution in [2.75, 3.05) is 13.2 Å². The highest BCUT2D eigenvalue weighted by Gasteiger charge is 2.13. The molecule has 0 N–H and O–H groups in total. The molecule has 2 rings (SSSR count). The second-order valence-corrected chi connectivity index (χ2v) is 3.67. The van der Waals surface area contributed by atoms with E-state index in [9.17, 15) is 0 Å². The predicted octanol–water partition coefficient (Wildman–Crippen LogP) is 2.87. The Morgan fingerprint density at radius 3 is 2.42 bits per heavy atom. The molecule has 1 aliphatic heterocycles. The third-order valence-electron chi connectivity index (χ3n) is 1.59. The average Bonchev–Trinajstić information content (AvgIpc) is 2.07. The molecule has 0 unspecified atom stereocenters. The Bertz CT molecular complexity index is 283. The van der Waals surface area contributed by atoms with E-state index in [1.165, 1.54) is 0 Å². The van der Waals surface area contributed by atoms with Crippen LogP contribution in [0.4, 0.5) is 0 Å². The van der Waals surface area contributed by atoms with Crippen molar-refractivity contribution < 1.29 is 9.47 Å². The normalized spacial score (nSPS) is 14.5. The molecule has 1 aliphatic rings. The zero-order valence-electron chi connectivity index (χ0n) is 6.14. The summed E-state index contributed by atoms with van der Waals surface area (Å²) in [5, 5.41) is 0.638. The van der Waals surface area contributed by atoms with Crippen molar-refractivity contribution in [3.05, 3.63) is 21.6 Å². The monoisotopic (exact) mass is 248 g/mol. The minimum Gasteiger partial charge on any atom is -0.486 e. The van der Waals surface area contributed by atoms with Crippen LogP contribution in [0.1, 0.15) is 0 Å². The maximum absolute atomic E-state index is 5.86. The summed E-state index contributed by atoms with van der Waals surface area (Å²) in [6.45, 7) is 1.19. The lowest BCUT2D eigenvalue weighted by atomic mass is 10.3. The number of hydrogen-bond donors (Lipinski definition) is 0. The van der Waals surface area contributed by atoms with Crippen molar-refractivity contribution in [3.63, 3.8) is 0 Å². The lowest BCUT2D eigenvalue weighted by molar-refractivity contribution is 0.171. The highest BCUT2D eigenvalue weighted by atomic mass is 79.9. The fraction of sp³-hybridized carbons (Fsp3) is 0.250. The van der Waals surface area contributed by atoms with E-state index in [1.54, 1.807) is 6.07 Å². The van der Waals surface area contributed by atoms with Crippen molar-refractivity contribution in [1.82, 2.24) is 0 Å². The van der Waals surface area contributed by atoms with Gasteiger partial charge in [-0.3, -0.25) is 0 Å². The van der Waals surface area contributed by atoms with E-state index in [4.69, 9.17) is 21.1 Å². The van der Waals surface area contributed by atoms with Gasteiger partial charge in [0.2, 0.25) is 0 Å². The summed E-state index contributed by atoms with van der Waals surface area (Å²) >= 11 is 9.17. The standard InChI is InChI=1S/C8H6BrClO2/c9-5-3-7-8(4-6(5)10)12-2-1-11-7/h3-4H,1-2H2. The highest BCUT2D eigenvalue weighted by Crippen LogP contribution is 2.37. The van der Waals surface area contributed by atoms with Crippen LogP contribution in [0, 0.1) is 0 Å². The zero-order valence-corrected chi connectivity index (χ0v) is 8.48. The zero-order chi connectivity index (χ0) is 8.55. The van der Waals surface area contributed by atoms with Gasteiger partial charge in [-0.2, -0.15) is 0 Å². The van der Waals surface area contributed by atoms with E-state index in [1.807, 2.05) is 6.07 Å². The highest BCUT2D eigenvalue weighted by molar-refractivity contribution is 9.10. The molecule has 0 spiro atoms. The molecule has 1 heterocycles. The molecule has 0 radical (unpaired) electrons. The first-order valence-corrected chi connectivity index (χ1v) is 4.69. The van der Waals surface area contributed by atoms with Crippen molar-refractivity contribution in [1.29, 1.82) is 0 Å². The van der Waals surface area contributed by atoms with Gasteiger partial charge in [0.25, 0.3) is 0 Å². The number of fused-ring (bicyclic) bond motifs is 1. The van der Waals surface area contributed by atoms with Gasteiger partial charge in [0.05, 0.1) is 5.02 Å².